The first-order valence-corrected chi connectivity index (χ1v) is 10.9. The zero-order valence-corrected chi connectivity index (χ0v) is 19.2. The highest BCUT2D eigenvalue weighted by atomic mass is 32.1. The van der Waals surface area contributed by atoms with Crippen LogP contribution in [0.1, 0.15) is 67.7 Å². The highest BCUT2D eigenvalue weighted by molar-refractivity contribution is 7.80. The molecule has 1 unspecified atom stereocenters. The molecule has 0 amide bonds. The van der Waals surface area contributed by atoms with Crippen molar-refractivity contribution in [3.63, 3.8) is 0 Å². The summed E-state index contributed by atoms with van der Waals surface area (Å²) in [5.74, 6) is 0.326. The van der Waals surface area contributed by atoms with Crippen LogP contribution in [0, 0.1) is 6.92 Å². The molecule has 0 aromatic heterocycles. The number of benzene rings is 2. The van der Waals surface area contributed by atoms with Gasteiger partial charge in [0.1, 0.15) is 16.5 Å². The molecule has 0 saturated heterocycles. The molecule has 3 N–H and O–H groups in total. The quantitative estimate of drug-likeness (QED) is 0.576. The van der Waals surface area contributed by atoms with E-state index in [1.165, 1.54) is 22.9 Å². The average molecular weight is 426 g/mol. The Morgan fingerprint density at radius 2 is 1.93 bits per heavy atom. The molecule has 0 fully saturated rings. The molecule has 1 aliphatic rings. The Morgan fingerprint density at radius 1 is 1.20 bits per heavy atom. The van der Waals surface area contributed by atoms with E-state index in [4.69, 9.17) is 12.2 Å². The first-order chi connectivity index (χ1) is 14.2. The van der Waals surface area contributed by atoms with Crippen molar-refractivity contribution in [2.75, 3.05) is 18.5 Å². The summed E-state index contributed by atoms with van der Waals surface area (Å²) in [5, 5.41) is 25.1. The molecule has 5 nitrogen and oxygen atoms in total. The molecule has 0 saturated carbocycles. The molecule has 0 radical (unpaired) electrons. The first kappa shape index (κ1) is 22.1. The smallest absolute Gasteiger partial charge is 0.128 e. The lowest BCUT2D eigenvalue weighted by molar-refractivity contribution is 0.443. The Balaban J connectivity index is 1.90. The van der Waals surface area contributed by atoms with Crippen LogP contribution in [0.2, 0.25) is 0 Å². The number of thiocarbonyl (C=S) groups is 1. The fourth-order valence-electron chi connectivity index (χ4n) is 3.89. The number of hydrogen-bond donors (Lipinski definition) is 3. The van der Waals surface area contributed by atoms with Crippen LogP contribution in [0.4, 0.5) is 5.69 Å². The van der Waals surface area contributed by atoms with Crippen LogP contribution in [0.25, 0.3) is 0 Å². The Labute approximate surface area is 184 Å². The van der Waals surface area contributed by atoms with Gasteiger partial charge in [0.05, 0.1) is 5.71 Å². The molecule has 2 aromatic rings. The Kier molecular flexibility index (Phi) is 6.66. The summed E-state index contributed by atoms with van der Waals surface area (Å²) in [6.45, 7) is 9.21. The molecular weight excluding hydrogens is 394 g/mol. The normalized spacial score (nSPS) is 16.8. The number of phenols is 2. The number of phenolic OH excluding ortho intramolecular Hbond substituents is 2. The predicted molar refractivity (Wildman–Crippen MR) is 128 cm³/mol. The van der Waals surface area contributed by atoms with Crippen molar-refractivity contribution in [2.45, 2.75) is 52.4 Å². The minimum atomic E-state index is 0.0315. The SMILES string of the molecule is CCN(C)c1cc(C2CCC(c3cc(C(C)C)c(O)cc3O)=NNC2=S)ccc1C. The molecule has 0 spiro atoms. The summed E-state index contributed by atoms with van der Waals surface area (Å²) in [7, 11) is 2.09. The van der Waals surface area contributed by atoms with Crippen molar-refractivity contribution in [3.8, 4) is 11.5 Å². The first-order valence-electron chi connectivity index (χ1n) is 10.5. The number of rotatable bonds is 5. The monoisotopic (exact) mass is 425 g/mol. The van der Waals surface area contributed by atoms with Gasteiger partial charge in [-0.1, -0.05) is 38.2 Å². The van der Waals surface area contributed by atoms with E-state index < -0.39 is 0 Å². The Bertz CT molecular complexity index is 985. The van der Waals surface area contributed by atoms with Crippen molar-refractivity contribution in [3.05, 3.63) is 52.6 Å². The highest BCUT2D eigenvalue weighted by Crippen LogP contribution is 2.35. The van der Waals surface area contributed by atoms with Crippen LogP contribution >= 0.6 is 12.2 Å². The van der Waals surface area contributed by atoms with Crippen molar-refractivity contribution >= 4 is 28.6 Å². The van der Waals surface area contributed by atoms with E-state index in [0.717, 1.165) is 24.2 Å². The number of hydrazone groups is 1. The summed E-state index contributed by atoms with van der Waals surface area (Å²) < 4.78 is 0. The summed E-state index contributed by atoms with van der Waals surface area (Å²) in [4.78, 5) is 2.91. The van der Waals surface area contributed by atoms with E-state index in [1.54, 1.807) is 0 Å². The Hall–Kier alpha value is -2.60. The molecule has 6 heteroatoms. The van der Waals surface area contributed by atoms with Crippen LogP contribution < -0.4 is 10.3 Å². The topological polar surface area (TPSA) is 68.1 Å². The van der Waals surface area contributed by atoms with Gasteiger partial charge >= 0.3 is 0 Å². The van der Waals surface area contributed by atoms with Gasteiger partial charge in [-0.05, 0) is 61.4 Å². The minimum Gasteiger partial charge on any atom is -0.508 e. The van der Waals surface area contributed by atoms with Gasteiger partial charge in [-0.25, -0.2) is 0 Å². The average Bonchev–Trinajstić information content (AvgIpc) is 2.89. The lowest BCUT2D eigenvalue weighted by atomic mass is 9.90. The number of aryl methyl sites for hydroxylation is 1. The molecule has 1 aliphatic heterocycles. The Morgan fingerprint density at radius 3 is 2.60 bits per heavy atom. The van der Waals surface area contributed by atoms with Crippen LogP contribution in [0.5, 0.6) is 11.5 Å². The van der Waals surface area contributed by atoms with Crippen molar-refractivity contribution in [1.29, 1.82) is 0 Å². The van der Waals surface area contributed by atoms with Gasteiger partial charge in [0.15, 0.2) is 0 Å². The van der Waals surface area contributed by atoms with Crippen LogP contribution in [0.15, 0.2) is 35.4 Å². The highest BCUT2D eigenvalue weighted by Gasteiger charge is 2.24. The van der Waals surface area contributed by atoms with E-state index in [0.29, 0.717) is 17.0 Å². The fourth-order valence-corrected chi connectivity index (χ4v) is 4.19. The minimum absolute atomic E-state index is 0.0315. The number of anilines is 1. The molecular formula is C24H31N3O2S. The molecule has 30 heavy (non-hydrogen) atoms. The van der Waals surface area contributed by atoms with Gasteiger partial charge in [0, 0.05) is 36.8 Å². The lowest BCUT2D eigenvalue weighted by Crippen LogP contribution is -2.22. The second-order valence-electron chi connectivity index (χ2n) is 8.27. The van der Waals surface area contributed by atoms with Gasteiger partial charge in [-0.15, -0.1) is 0 Å². The standard InChI is InChI=1S/C24H31N3O2S/c1-6-27(5)21-11-16(8-7-15(21)4)17-9-10-20(25-26-24(17)30)19-12-18(14(2)3)22(28)13-23(19)29/h7-8,11-14,17,28-29H,6,9-10H2,1-5H3,(H,26,30). The number of nitrogens with one attached hydrogen (secondary N) is 1. The largest absolute Gasteiger partial charge is 0.508 e. The second kappa shape index (κ2) is 9.04. The van der Waals surface area contributed by atoms with Crippen LogP contribution in [0.3, 0.4) is 0 Å². The molecule has 160 valence electrons. The van der Waals surface area contributed by atoms with E-state index in [-0.39, 0.29) is 23.3 Å². The van der Waals surface area contributed by atoms with E-state index >= 15 is 0 Å². The summed E-state index contributed by atoms with van der Waals surface area (Å²) in [6.07, 6.45) is 1.46. The predicted octanol–water partition coefficient (Wildman–Crippen LogP) is 5.18. The molecule has 1 heterocycles. The van der Waals surface area contributed by atoms with Crippen molar-refractivity contribution in [1.82, 2.24) is 5.43 Å². The maximum absolute atomic E-state index is 10.4. The van der Waals surface area contributed by atoms with Gasteiger partial charge in [0.2, 0.25) is 0 Å². The van der Waals surface area contributed by atoms with Crippen molar-refractivity contribution in [2.24, 2.45) is 5.10 Å². The third-order valence-corrected chi connectivity index (χ3v) is 6.26. The lowest BCUT2D eigenvalue weighted by Gasteiger charge is -2.23. The van der Waals surface area contributed by atoms with Gasteiger partial charge < -0.3 is 15.1 Å². The molecule has 3 rings (SSSR count). The van der Waals surface area contributed by atoms with Crippen LogP contribution in [-0.4, -0.2) is 34.5 Å². The molecule has 0 aliphatic carbocycles. The maximum atomic E-state index is 10.4. The second-order valence-corrected chi connectivity index (χ2v) is 8.71. The van der Waals surface area contributed by atoms with Gasteiger partial charge in [-0.2, -0.15) is 5.10 Å². The van der Waals surface area contributed by atoms with E-state index in [1.807, 2.05) is 19.9 Å². The molecule has 2 aromatic carbocycles. The summed E-state index contributed by atoms with van der Waals surface area (Å²) >= 11 is 5.66. The van der Waals surface area contributed by atoms with Crippen LogP contribution in [-0.2, 0) is 0 Å². The zero-order valence-electron chi connectivity index (χ0n) is 18.4. The zero-order chi connectivity index (χ0) is 22.0. The molecule has 0 bridgehead atoms. The third kappa shape index (κ3) is 4.43. The third-order valence-electron chi connectivity index (χ3n) is 5.89. The number of nitrogens with zero attached hydrogens (tertiary/aromatic N) is 2. The van der Waals surface area contributed by atoms with Gasteiger partial charge in [-0.3, -0.25) is 5.43 Å². The number of aromatic hydroxyl groups is 2. The molecule has 1 atom stereocenters. The van der Waals surface area contributed by atoms with E-state index in [2.05, 4.69) is 54.5 Å². The fraction of sp³-hybridized carbons (Fsp3) is 0.417. The van der Waals surface area contributed by atoms with Gasteiger partial charge in [0.25, 0.3) is 0 Å². The number of hydrogen-bond acceptors (Lipinski definition) is 5. The summed E-state index contributed by atoms with van der Waals surface area (Å²) in [6, 6.07) is 9.74. The summed E-state index contributed by atoms with van der Waals surface area (Å²) in [5.41, 5.74) is 8.84. The maximum Gasteiger partial charge on any atom is 0.128 e. The van der Waals surface area contributed by atoms with Crippen molar-refractivity contribution < 1.29 is 10.2 Å². The van der Waals surface area contributed by atoms with E-state index in [9.17, 15) is 10.2 Å².